The number of aliphatic hydroxyl groups excluding tert-OH is 1. The number of thioether (sulfide) groups is 1. The van der Waals surface area contributed by atoms with Crippen molar-refractivity contribution in [2.45, 2.75) is 62.6 Å². The van der Waals surface area contributed by atoms with E-state index in [0.29, 0.717) is 39.3 Å². The Hall–Kier alpha value is -1.62. The lowest BCUT2D eigenvalue weighted by molar-refractivity contribution is -0.154. The van der Waals surface area contributed by atoms with Crippen LogP contribution in [0.5, 0.6) is 0 Å². The second kappa shape index (κ2) is 12.3. The zero-order valence-corrected chi connectivity index (χ0v) is 24.2. The molecule has 9 nitrogen and oxygen atoms in total. The number of nitrogens with zero attached hydrogens (tertiary/aromatic N) is 3. The monoisotopic (exact) mass is 551 g/mol. The third-order valence-corrected chi connectivity index (χ3v) is 10.9. The number of morpholine rings is 1. The zero-order chi connectivity index (χ0) is 27.6. The van der Waals surface area contributed by atoms with Gasteiger partial charge in [-0.2, -0.15) is 0 Å². The van der Waals surface area contributed by atoms with Crippen molar-refractivity contribution in [3.63, 3.8) is 0 Å². The Labute approximate surface area is 231 Å². The Bertz CT molecular complexity index is 896. The summed E-state index contributed by atoms with van der Waals surface area (Å²) in [5.41, 5.74) is 0. The molecule has 10 heteroatoms. The van der Waals surface area contributed by atoms with Crippen LogP contribution in [0.2, 0.25) is 0 Å². The van der Waals surface area contributed by atoms with Crippen LogP contribution in [0.3, 0.4) is 0 Å². The maximum absolute atomic E-state index is 14.6. The summed E-state index contributed by atoms with van der Waals surface area (Å²) < 4.78 is 10.2. The minimum Gasteiger partial charge on any atom is -0.466 e. The number of carbonyl (C=O) groups is 3. The molecule has 4 aliphatic rings. The first-order chi connectivity index (χ1) is 18.2. The van der Waals surface area contributed by atoms with Crippen LogP contribution in [0.15, 0.2) is 12.7 Å². The van der Waals surface area contributed by atoms with Gasteiger partial charge >= 0.3 is 5.97 Å². The molecule has 4 fully saturated rings. The Morgan fingerprint density at radius 3 is 2.66 bits per heavy atom. The van der Waals surface area contributed by atoms with E-state index in [2.05, 4.69) is 32.3 Å². The first-order valence-corrected chi connectivity index (χ1v) is 15.1. The fraction of sp³-hybridized carbons (Fsp3) is 0.821. The largest absolute Gasteiger partial charge is 0.466 e. The highest BCUT2D eigenvalue weighted by Crippen LogP contribution is 2.69. The van der Waals surface area contributed by atoms with Gasteiger partial charge < -0.3 is 24.4 Å². The average Bonchev–Trinajstić information content (AvgIpc) is 3.49. The molecule has 7 atom stereocenters. The highest BCUT2D eigenvalue weighted by atomic mass is 32.2. The summed E-state index contributed by atoms with van der Waals surface area (Å²) in [6.07, 6.45) is 3.07. The van der Waals surface area contributed by atoms with Gasteiger partial charge in [-0.3, -0.25) is 19.3 Å². The van der Waals surface area contributed by atoms with Gasteiger partial charge in [0.05, 0.1) is 49.1 Å². The fourth-order valence-electron chi connectivity index (χ4n) is 7.17. The molecule has 38 heavy (non-hydrogen) atoms. The van der Waals surface area contributed by atoms with Crippen LogP contribution in [-0.4, -0.2) is 119 Å². The summed E-state index contributed by atoms with van der Waals surface area (Å²) in [6, 6.07) is -1.24. The molecule has 2 bridgehead atoms. The number of rotatable bonds is 12. The molecule has 1 spiro atoms. The van der Waals surface area contributed by atoms with Gasteiger partial charge in [-0.1, -0.05) is 26.8 Å². The Morgan fingerprint density at radius 1 is 1.34 bits per heavy atom. The van der Waals surface area contributed by atoms with Gasteiger partial charge in [0, 0.05) is 38.0 Å². The van der Waals surface area contributed by atoms with Crippen molar-refractivity contribution >= 4 is 29.5 Å². The number of esters is 1. The molecule has 1 N–H and O–H groups in total. The first kappa shape index (κ1) is 29.4. The number of ether oxygens (including phenoxy) is 2. The van der Waals surface area contributed by atoms with Crippen LogP contribution in [0, 0.1) is 23.7 Å². The molecule has 0 aliphatic carbocycles. The standard InChI is InChI=1S/C28H45N3O6S/c1-6-8-30(10-9-29-11-13-36-14-12-29)26(34)24-28-19(5)16-21(38-28)22(27(35)37-7-2)23(28)25(33)31(24)20(17-32)15-18(3)4/h6,18-24,32H,1,7-17H2,2-5H3/t19?,20-,21+,22-,23+,24?,28?/m1/s1. The SMILES string of the molecule is C=CCN(CCN1CCOCC1)C(=O)C1N([C@@H](CO)CC(C)C)C(=O)[C@@H]2[C@H](C(=O)OCC)[C@@H]3CC(C)C12S3. The van der Waals surface area contributed by atoms with Crippen molar-refractivity contribution < 1.29 is 29.0 Å². The van der Waals surface area contributed by atoms with Gasteiger partial charge in [0.15, 0.2) is 0 Å². The van der Waals surface area contributed by atoms with Crippen LogP contribution in [0.25, 0.3) is 0 Å². The first-order valence-electron chi connectivity index (χ1n) is 14.2. The maximum Gasteiger partial charge on any atom is 0.310 e. The van der Waals surface area contributed by atoms with Crippen molar-refractivity contribution in [2.24, 2.45) is 23.7 Å². The number of aliphatic hydroxyl groups is 1. The van der Waals surface area contributed by atoms with Crippen LogP contribution < -0.4 is 0 Å². The highest BCUT2D eigenvalue weighted by Gasteiger charge is 2.77. The number of carbonyl (C=O) groups excluding carboxylic acids is 3. The molecule has 4 heterocycles. The molecule has 0 aromatic carbocycles. The van der Waals surface area contributed by atoms with Gasteiger partial charge in [0.2, 0.25) is 11.8 Å². The molecule has 4 aliphatic heterocycles. The lowest BCUT2D eigenvalue weighted by Gasteiger charge is -2.42. The van der Waals surface area contributed by atoms with Crippen LogP contribution in [-0.2, 0) is 23.9 Å². The van der Waals surface area contributed by atoms with Crippen LogP contribution in [0.1, 0.15) is 40.5 Å². The minimum absolute atomic E-state index is 0.0469. The van der Waals surface area contributed by atoms with Gasteiger partial charge in [-0.15, -0.1) is 18.3 Å². The lowest BCUT2D eigenvalue weighted by Crippen LogP contribution is -2.60. The van der Waals surface area contributed by atoms with E-state index in [1.54, 1.807) is 29.7 Å². The smallest absolute Gasteiger partial charge is 0.310 e. The van der Waals surface area contributed by atoms with E-state index in [0.717, 1.165) is 19.5 Å². The number of hydrogen-bond acceptors (Lipinski definition) is 8. The molecule has 2 amide bonds. The van der Waals surface area contributed by atoms with Crippen LogP contribution in [0.4, 0.5) is 0 Å². The Kier molecular flexibility index (Phi) is 9.48. The molecule has 0 saturated carbocycles. The lowest BCUT2D eigenvalue weighted by atomic mass is 9.66. The van der Waals surface area contributed by atoms with Crippen molar-refractivity contribution in [1.29, 1.82) is 0 Å². The predicted molar refractivity (Wildman–Crippen MR) is 147 cm³/mol. The second-order valence-corrected chi connectivity index (χ2v) is 13.1. The third kappa shape index (κ3) is 5.13. The molecular formula is C28H45N3O6S. The third-order valence-electron chi connectivity index (χ3n) is 8.77. The van der Waals surface area contributed by atoms with E-state index in [1.165, 1.54) is 0 Å². The fourth-order valence-corrected chi connectivity index (χ4v) is 9.56. The summed E-state index contributed by atoms with van der Waals surface area (Å²) in [5, 5.41) is 10.4. The van der Waals surface area contributed by atoms with Gasteiger partial charge in [-0.05, 0) is 31.6 Å². The summed E-state index contributed by atoms with van der Waals surface area (Å²) in [5.74, 6) is -1.54. The van der Waals surface area contributed by atoms with Crippen LogP contribution >= 0.6 is 11.8 Å². The Balaban J connectivity index is 1.72. The van der Waals surface area contributed by atoms with Crippen molar-refractivity contribution in [3.8, 4) is 0 Å². The molecule has 0 radical (unpaired) electrons. The topological polar surface area (TPSA) is 99.6 Å². The van der Waals surface area contributed by atoms with E-state index in [1.807, 2.05) is 4.90 Å². The molecule has 214 valence electrons. The maximum atomic E-state index is 14.6. The zero-order valence-electron chi connectivity index (χ0n) is 23.3. The summed E-state index contributed by atoms with van der Waals surface area (Å²) in [6.45, 7) is 16.5. The van der Waals surface area contributed by atoms with Crippen molar-refractivity contribution in [1.82, 2.24) is 14.7 Å². The van der Waals surface area contributed by atoms with Gasteiger partial charge in [-0.25, -0.2) is 0 Å². The van der Waals surface area contributed by atoms with E-state index in [4.69, 9.17) is 9.47 Å². The van der Waals surface area contributed by atoms with Crippen molar-refractivity contribution in [3.05, 3.63) is 12.7 Å². The van der Waals surface area contributed by atoms with E-state index < -0.39 is 28.7 Å². The predicted octanol–water partition coefficient (Wildman–Crippen LogP) is 1.64. The summed E-state index contributed by atoms with van der Waals surface area (Å²) in [7, 11) is 0. The highest BCUT2D eigenvalue weighted by molar-refractivity contribution is 8.02. The van der Waals surface area contributed by atoms with Crippen molar-refractivity contribution in [2.75, 3.05) is 59.2 Å². The average molecular weight is 552 g/mol. The normalized spacial score (nSPS) is 33.5. The number of likely N-dealkylation sites (tertiary alicyclic amines) is 1. The van der Waals surface area contributed by atoms with E-state index >= 15 is 0 Å². The molecular weight excluding hydrogens is 506 g/mol. The second-order valence-electron chi connectivity index (χ2n) is 11.5. The molecule has 0 aromatic rings. The Morgan fingerprint density at radius 2 is 2.05 bits per heavy atom. The van der Waals surface area contributed by atoms with E-state index in [-0.39, 0.29) is 48.1 Å². The summed E-state index contributed by atoms with van der Waals surface area (Å²) in [4.78, 5) is 47.8. The molecule has 4 saturated heterocycles. The number of amides is 2. The van der Waals surface area contributed by atoms with Gasteiger partial charge in [0.1, 0.15) is 6.04 Å². The molecule has 3 unspecified atom stereocenters. The minimum atomic E-state index is -0.745. The summed E-state index contributed by atoms with van der Waals surface area (Å²) >= 11 is 1.65. The number of hydrogen-bond donors (Lipinski definition) is 1. The molecule has 4 rings (SSSR count). The number of fused-ring (bicyclic) bond motifs is 1. The van der Waals surface area contributed by atoms with E-state index in [9.17, 15) is 19.5 Å². The van der Waals surface area contributed by atoms with Gasteiger partial charge in [0.25, 0.3) is 0 Å². The molecule has 0 aromatic heterocycles. The quantitative estimate of drug-likeness (QED) is 0.289.